The summed E-state index contributed by atoms with van der Waals surface area (Å²) in [6.45, 7) is 15.3. The van der Waals surface area contributed by atoms with E-state index >= 15 is 0 Å². The number of aromatic hydroxyl groups is 1. The van der Waals surface area contributed by atoms with Crippen LogP contribution in [0.4, 0.5) is 0 Å². The average Bonchev–Trinajstić information content (AvgIpc) is 2.85. The fraction of sp³-hybridized carbons (Fsp3) is 0.515. The molecule has 0 spiro atoms. The number of allylic oxidation sites excluding steroid dienone is 3. The molecule has 0 amide bonds. The number of phenols is 1. The van der Waals surface area contributed by atoms with Gasteiger partial charge in [0.1, 0.15) is 22.8 Å². The summed E-state index contributed by atoms with van der Waals surface area (Å²) in [6.07, 6.45) is 0.645. The van der Waals surface area contributed by atoms with Gasteiger partial charge in [-0.05, 0) is 60.8 Å². The topological polar surface area (TPSA) is 145 Å². The number of aliphatic hydroxyl groups is 4. The first-order valence-corrected chi connectivity index (χ1v) is 14.1. The maximum absolute atomic E-state index is 13.0. The molecule has 4 atom stereocenters. The Morgan fingerprint density at radius 2 is 1.83 bits per heavy atom. The van der Waals surface area contributed by atoms with Crippen molar-refractivity contribution in [3.05, 3.63) is 57.6 Å². The van der Waals surface area contributed by atoms with Crippen LogP contribution in [-0.2, 0) is 20.7 Å². The maximum atomic E-state index is 13.0. The molecule has 0 aromatic heterocycles. The minimum Gasteiger partial charge on any atom is -0.508 e. The summed E-state index contributed by atoms with van der Waals surface area (Å²) in [5, 5.41) is 56.4. The molecular formula is C33H40O8. The molecule has 4 rings (SSSR count). The van der Waals surface area contributed by atoms with Crippen molar-refractivity contribution in [1.82, 2.24) is 0 Å². The highest BCUT2D eigenvalue weighted by Gasteiger charge is 2.66. The van der Waals surface area contributed by atoms with Crippen LogP contribution in [0, 0.1) is 22.7 Å². The van der Waals surface area contributed by atoms with E-state index in [1.54, 1.807) is 13.0 Å². The fourth-order valence-corrected chi connectivity index (χ4v) is 7.09. The molecule has 0 saturated carbocycles. The first-order chi connectivity index (χ1) is 19.0. The highest BCUT2D eigenvalue weighted by atomic mass is 16.6. The maximum Gasteiger partial charge on any atom is 0.220 e. The van der Waals surface area contributed by atoms with Crippen LogP contribution in [-0.4, -0.2) is 55.6 Å². The Labute approximate surface area is 241 Å². The standard InChI is InChI=1S/C33H40O8/c1-8-9-12-41-24(36)11-10-20-13-21(17(2)3)22-14-31(6)16-32(7)15-23(35)26(19(5)34)29(38)33(32,40)30(39)27(31)18(4)25(22)28(20)37/h13,17,24,36-40H,4,8-9,12,14-16H2,1-3,5-7H3. The number of Topliss-reactive ketones (excluding diaryl/α,β-unsaturated/α-hetero) is 2. The monoisotopic (exact) mass is 564 g/mol. The highest BCUT2D eigenvalue weighted by molar-refractivity contribution is 6.21. The molecule has 0 radical (unpaired) electrons. The van der Waals surface area contributed by atoms with Gasteiger partial charge in [0.2, 0.25) is 6.29 Å². The number of carbonyl (C=O) groups is 2. The van der Waals surface area contributed by atoms with Crippen LogP contribution in [0.25, 0.3) is 5.57 Å². The number of hydrogen-bond acceptors (Lipinski definition) is 8. The Morgan fingerprint density at radius 3 is 2.41 bits per heavy atom. The number of carbonyl (C=O) groups excluding carboxylic acids is 2. The summed E-state index contributed by atoms with van der Waals surface area (Å²) in [5.74, 6) is 2.54. The van der Waals surface area contributed by atoms with Crippen LogP contribution in [0.5, 0.6) is 5.75 Å². The van der Waals surface area contributed by atoms with Crippen molar-refractivity contribution in [3.8, 4) is 17.6 Å². The van der Waals surface area contributed by atoms with Crippen molar-refractivity contribution in [2.24, 2.45) is 10.8 Å². The highest BCUT2D eigenvalue weighted by Crippen LogP contribution is 2.65. The lowest BCUT2D eigenvalue weighted by Gasteiger charge is -2.57. The molecule has 1 aromatic rings. The van der Waals surface area contributed by atoms with Gasteiger partial charge in [0, 0.05) is 28.4 Å². The molecule has 0 bridgehead atoms. The zero-order valence-electron chi connectivity index (χ0n) is 24.6. The first-order valence-electron chi connectivity index (χ1n) is 14.1. The van der Waals surface area contributed by atoms with Crippen LogP contribution in [0.1, 0.15) is 95.4 Å². The Kier molecular flexibility index (Phi) is 7.81. The molecule has 3 aliphatic carbocycles. The molecule has 41 heavy (non-hydrogen) atoms. The van der Waals surface area contributed by atoms with Crippen LogP contribution in [0.3, 0.4) is 0 Å². The van der Waals surface area contributed by atoms with E-state index in [1.165, 1.54) is 0 Å². The molecule has 0 heterocycles. The van der Waals surface area contributed by atoms with Gasteiger partial charge in [0.05, 0.1) is 12.2 Å². The fourth-order valence-electron chi connectivity index (χ4n) is 7.09. The van der Waals surface area contributed by atoms with E-state index < -0.39 is 51.4 Å². The number of phenolic OH excluding ortho intramolecular Hbond substituents is 1. The second kappa shape index (κ2) is 10.5. The van der Waals surface area contributed by atoms with E-state index in [0.717, 1.165) is 30.9 Å². The van der Waals surface area contributed by atoms with Gasteiger partial charge in [-0.15, -0.1) is 0 Å². The van der Waals surface area contributed by atoms with Gasteiger partial charge in [-0.3, -0.25) is 9.59 Å². The smallest absolute Gasteiger partial charge is 0.220 e. The lowest BCUT2D eigenvalue weighted by molar-refractivity contribution is -0.141. The molecule has 1 aromatic carbocycles. The Morgan fingerprint density at radius 1 is 1.17 bits per heavy atom. The molecule has 5 N–H and O–H groups in total. The van der Waals surface area contributed by atoms with Gasteiger partial charge in [0.15, 0.2) is 17.2 Å². The summed E-state index contributed by atoms with van der Waals surface area (Å²) < 4.78 is 5.31. The Balaban J connectivity index is 1.94. The predicted octanol–water partition coefficient (Wildman–Crippen LogP) is 4.90. The van der Waals surface area contributed by atoms with E-state index in [4.69, 9.17) is 4.74 Å². The van der Waals surface area contributed by atoms with Crippen LogP contribution in [0.2, 0.25) is 0 Å². The van der Waals surface area contributed by atoms with Gasteiger partial charge >= 0.3 is 0 Å². The molecule has 8 heteroatoms. The molecule has 3 aliphatic rings. The predicted molar refractivity (Wildman–Crippen MR) is 154 cm³/mol. The minimum atomic E-state index is -2.40. The molecule has 220 valence electrons. The SMILES string of the molecule is C=C1C2=C(O)C3(O)C(O)=C(C(C)=O)C(=O)CC3(C)CC2(C)Cc2c(C(C)C)cc(C#CC(O)OCCCC)c(O)c21. The van der Waals surface area contributed by atoms with Gasteiger partial charge in [0.25, 0.3) is 0 Å². The number of benzene rings is 1. The number of unbranched alkanes of at least 4 members (excludes halogenated alkanes) is 1. The zero-order chi connectivity index (χ0) is 30.7. The lowest BCUT2D eigenvalue weighted by Crippen LogP contribution is -2.60. The largest absolute Gasteiger partial charge is 0.508 e. The van der Waals surface area contributed by atoms with E-state index in [-0.39, 0.29) is 41.2 Å². The number of ether oxygens (including phenoxy) is 1. The van der Waals surface area contributed by atoms with E-state index in [1.807, 2.05) is 27.7 Å². The van der Waals surface area contributed by atoms with Gasteiger partial charge in [-0.2, -0.15) is 0 Å². The summed E-state index contributed by atoms with van der Waals surface area (Å²) in [6, 6.07) is 1.79. The quantitative estimate of drug-likeness (QED) is 0.142. The average molecular weight is 565 g/mol. The molecular weight excluding hydrogens is 524 g/mol. The first kappa shape index (κ1) is 30.6. The van der Waals surface area contributed by atoms with Crippen LogP contribution >= 0.6 is 0 Å². The van der Waals surface area contributed by atoms with Crippen molar-refractivity contribution in [2.45, 2.75) is 91.5 Å². The molecule has 4 unspecified atom stereocenters. The van der Waals surface area contributed by atoms with Crippen LogP contribution in [0.15, 0.2) is 35.3 Å². The summed E-state index contributed by atoms with van der Waals surface area (Å²) in [5.41, 5.74) is -2.25. The Hall–Kier alpha value is -3.38. The summed E-state index contributed by atoms with van der Waals surface area (Å²) in [4.78, 5) is 25.2. The third kappa shape index (κ3) is 4.61. The Bertz CT molecular complexity index is 1470. The van der Waals surface area contributed by atoms with Crippen molar-refractivity contribution in [1.29, 1.82) is 0 Å². The second-order valence-corrected chi connectivity index (χ2v) is 12.5. The molecule has 0 fully saturated rings. The molecule has 0 aliphatic heterocycles. The second-order valence-electron chi connectivity index (χ2n) is 12.5. The summed E-state index contributed by atoms with van der Waals surface area (Å²) >= 11 is 0. The van der Waals surface area contributed by atoms with E-state index in [9.17, 15) is 35.1 Å². The number of ketones is 2. The van der Waals surface area contributed by atoms with Gasteiger partial charge < -0.3 is 30.3 Å². The number of hydrogen-bond donors (Lipinski definition) is 5. The van der Waals surface area contributed by atoms with Crippen molar-refractivity contribution in [3.63, 3.8) is 0 Å². The third-order valence-electron chi connectivity index (χ3n) is 8.94. The molecule has 0 saturated heterocycles. The normalized spacial score (nSPS) is 28.1. The zero-order valence-corrected chi connectivity index (χ0v) is 24.6. The minimum absolute atomic E-state index is 0.0172. The third-order valence-corrected chi connectivity index (χ3v) is 8.94. The van der Waals surface area contributed by atoms with Crippen LogP contribution < -0.4 is 0 Å². The van der Waals surface area contributed by atoms with Crippen molar-refractivity contribution in [2.75, 3.05) is 6.61 Å². The number of aliphatic hydroxyl groups excluding tert-OH is 3. The van der Waals surface area contributed by atoms with Crippen molar-refractivity contribution >= 4 is 17.1 Å². The lowest BCUT2D eigenvalue weighted by atomic mass is 9.48. The van der Waals surface area contributed by atoms with E-state index in [2.05, 4.69) is 18.4 Å². The van der Waals surface area contributed by atoms with Gasteiger partial charge in [-0.1, -0.05) is 53.5 Å². The van der Waals surface area contributed by atoms with Crippen molar-refractivity contribution < 1.29 is 39.9 Å². The number of rotatable bonds is 6. The van der Waals surface area contributed by atoms with Gasteiger partial charge in [-0.25, -0.2) is 0 Å². The van der Waals surface area contributed by atoms with E-state index in [0.29, 0.717) is 18.6 Å². The summed E-state index contributed by atoms with van der Waals surface area (Å²) in [7, 11) is 0. The number of fused-ring (bicyclic) bond motifs is 3. The molecule has 8 nitrogen and oxygen atoms in total.